The second-order valence-electron chi connectivity index (χ2n) is 6.69. The molecule has 2 aliphatic heterocycles. The van der Waals surface area contributed by atoms with Gasteiger partial charge < -0.3 is 14.6 Å². The first-order valence-corrected chi connectivity index (χ1v) is 8.15. The van der Waals surface area contributed by atoms with Crippen LogP contribution in [-0.4, -0.2) is 51.7 Å². The zero-order chi connectivity index (χ0) is 15.6. The lowest BCUT2D eigenvalue weighted by Gasteiger charge is -2.46. The van der Waals surface area contributed by atoms with E-state index in [-0.39, 0.29) is 17.6 Å². The van der Waals surface area contributed by atoms with E-state index >= 15 is 0 Å². The minimum atomic E-state index is -0.0334. The van der Waals surface area contributed by atoms with Gasteiger partial charge in [-0.05, 0) is 25.7 Å². The molecule has 0 aromatic carbocycles. The van der Waals surface area contributed by atoms with Crippen molar-refractivity contribution in [3.05, 3.63) is 18.2 Å². The van der Waals surface area contributed by atoms with Crippen LogP contribution in [0.25, 0.3) is 0 Å². The fourth-order valence-electron chi connectivity index (χ4n) is 3.67. The van der Waals surface area contributed by atoms with Crippen molar-refractivity contribution >= 4 is 5.91 Å². The molecule has 0 aliphatic carbocycles. The van der Waals surface area contributed by atoms with E-state index in [4.69, 9.17) is 4.74 Å². The van der Waals surface area contributed by atoms with Gasteiger partial charge in [0, 0.05) is 52.5 Å². The molecule has 1 aromatic heterocycles. The molecular formula is C16H26N4O2. The molecule has 2 saturated heterocycles. The van der Waals surface area contributed by atoms with Crippen molar-refractivity contribution in [1.82, 2.24) is 19.8 Å². The van der Waals surface area contributed by atoms with E-state index in [1.807, 2.05) is 19.6 Å². The third-order valence-electron chi connectivity index (χ3n) is 4.97. The maximum absolute atomic E-state index is 11.3. The van der Waals surface area contributed by atoms with Crippen molar-refractivity contribution in [2.24, 2.45) is 7.05 Å². The average Bonchev–Trinajstić information content (AvgIpc) is 2.87. The lowest BCUT2D eigenvalue weighted by Crippen LogP contribution is -2.53. The Morgan fingerprint density at radius 1 is 1.50 bits per heavy atom. The minimum Gasteiger partial charge on any atom is -0.375 e. The van der Waals surface area contributed by atoms with Crippen LogP contribution < -0.4 is 5.32 Å². The van der Waals surface area contributed by atoms with Gasteiger partial charge in [0.1, 0.15) is 0 Å². The van der Waals surface area contributed by atoms with Gasteiger partial charge in [0.05, 0.1) is 17.6 Å². The molecule has 6 heteroatoms. The van der Waals surface area contributed by atoms with Crippen LogP contribution in [0.1, 0.15) is 38.3 Å². The predicted octanol–water partition coefficient (Wildman–Crippen LogP) is 1.07. The van der Waals surface area contributed by atoms with E-state index in [0.717, 1.165) is 51.9 Å². The molecule has 0 radical (unpaired) electrons. The molecule has 122 valence electrons. The zero-order valence-electron chi connectivity index (χ0n) is 13.5. The number of ether oxygens (including phenoxy) is 1. The van der Waals surface area contributed by atoms with E-state index in [2.05, 4.69) is 19.8 Å². The molecular weight excluding hydrogens is 280 g/mol. The molecule has 1 atom stereocenters. The van der Waals surface area contributed by atoms with Crippen molar-refractivity contribution in [3.63, 3.8) is 0 Å². The van der Waals surface area contributed by atoms with E-state index in [0.29, 0.717) is 0 Å². The molecule has 0 saturated carbocycles. The summed E-state index contributed by atoms with van der Waals surface area (Å²) >= 11 is 0. The topological polar surface area (TPSA) is 59.4 Å². The monoisotopic (exact) mass is 306 g/mol. The van der Waals surface area contributed by atoms with Crippen LogP contribution in [0.15, 0.2) is 12.5 Å². The number of carbonyl (C=O) groups is 1. The van der Waals surface area contributed by atoms with Crippen LogP contribution >= 0.6 is 0 Å². The lowest BCUT2D eigenvalue weighted by atomic mass is 9.82. The number of carbonyl (C=O) groups excluding carboxylic acids is 1. The Balaban J connectivity index is 1.54. The highest BCUT2D eigenvalue weighted by Gasteiger charge is 2.40. The number of hydrogen-bond acceptors (Lipinski definition) is 4. The van der Waals surface area contributed by atoms with Gasteiger partial charge in [-0.25, -0.2) is 4.98 Å². The van der Waals surface area contributed by atoms with Gasteiger partial charge in [-0.3, -0.25) is 9.69 Å². The SMILES string of the molecule is CC(=O)N[C@@H]1CCOC2(CCN(Cc3cncn3C)CC2)C1. The summed E-state index contributed by atoms with van der Waals surface area (Å²) in [5, 5.41) is 3.06. The molecule has 3 rings (SSSR count). The maximum atomic E-state index is 11.3. The third-order valence-corrected chi connectivity index (χ3v) is 4.97. The van der Waals surface area contributed by atoms with Gasteiger partial charge >= 0.3 is 0 Å². The molecule has 3 heterocycles. The molecule has 22 heavy (non-hydrogen) atoms. The summed E-state index contributed by atoms with van der Waals surface area (Å²) < 4.78 is 8.21. The summed E-state index contributed by atoms with van der Waals surface area (Å²) in [6.45, 7) is 5.38. The van der Waals surface area contributed by atoms with Gasteiger partial charge in [-0.15, -0.1) is 0 Å². The summed E-state index contributed by atoms with van der Waals surface area (Å²) in [5.74, 6) is 0.0655. The van der Waals surface area contributed by atoms with Crippen LogP contribution in [0, 0.1) is 0 Å². The zero-order valence-corrected chi connectivity index (χ0v) is 13.5. The normalized spacial score (nSPS) is 25.3. The Bertz CT molecular complexity index is 520. The number of nitrogens with zero attached hydrogens (tertiary/aromatic N) is 3. The predicted molar refractivity (Wildman–Crippen MR) is 83.2 cm³/mol. The molecule has 1 amide bonds. The number of amides is 1. The smallest absolute Gasteiger partial charge is 0.217 e. The summed E-state index contributed by atoms with van der Waals surface area (Å²) in [6, 6.07) is 0.273. The summed E-state index contributed by atoms with van der Waals surface area (Å²) in [7, 11) is 2.04. The lowest BCUT2D eigenvalue weighted by molar-refractivity contribution is -0.130. The first kappa shape index (κ1) is 15.5. The van der Waals surface area contributed by atoms with Gasteiger partial charge in [0.25, 0.3) is 0 Å². The fraction of sp³-hybridized carbons (Fsp3) is 0.750. The highest BCUT2D eigenvalue weighted by atomic mass is 16.5. The fourth-order valence-corrected chi connectivity index (χ4v) is 3.67. The molecule has 2 fully saturated rings. The summed E-state index contributed by atoms with van der Waals surface area (Å²) in [6.07, 6.45) is 7.76. The van der Waals surface area contributed by atoms with Crippen molar-refractivity contribution in [3.8, 4) is 0 Å². The van der Waals surface area contributed by atoms with Gasteiger partial charge in [0.2, 0.25) is 5.91 Å². The Hall–Kier alpha value is -1.40. The Kier molecular flexibility index (Phi) is 4.49. The van der Waals surface area contributed by atoms with Crippen molar-refractivity contribution in [2.75, 3.05) is 19.7 Å². The molecule has 0 bridgehead atoms. The van der Waals surface area contributed by atoms with E-state index in [1.165, 1.54) is 5.69 Å². The Labute approximate surface area is 131 Å². The summed E-state index contributed by atoms with van der Waals surface area (Å²) in [4.78, 5) is 17.9. The van der Waals surface area contributed by atoms with Gasteiger partial charge in [0.15, 0.2) is 0 Å². The van der Waals surface area contributed by atoms with E-state index in [9.17, 15) is 4.79 Å². The molecule has 1 spiro atoms. The second-order valence-corrected chi connectivity index (χ2v) is 6.69. The van der Waals surface area contributed by atoms with Crippen LogP contribution in [0.3, 0.4) is 0 Å². The maximum Gasteiger partial charge on any atom is 0.217 e. The molecule has 1 N–H and O–H groups in total. The largest absolute Gasteiger partial charge is 0.375 e. The number of aryl methyl sites for hydroxylation is 1. The molecule has 1 aromatic rings. The van der Waals surface area contributed by atoms with E-state index < -0.39 is 0 Å². The summed E-state index contributed by atoms with van der Waals surface area (Å²) in [5.41, 5.74) is 1.21. The van der Waals surface area contributed by atoms with Crippen LogP contribution in [0.4, 0.5) is 0 Å². The number of hydrogen-bond donors (Lipinski definition) is 1. The molecule has 6 nitrogen and oxygen atoms in total. The van der Waals surface area contributed by atoms with E-state index in [1.54, 1.807) is 6.92 Å². The Morgan fingerprint density at radius 3 is 2.91 bits per heavy atom. The first-order valence-electron chi connectivity index (χ1n) is 8.15. The highest BCUT2D eigenvalue weighted by Crippen LogP contribution is 2.35. The highest BCUT2D eigenvalue weighted by molar-refractivity contribution is 5.73. The third kappa shape index (κ3) is 3.50. The van der Waals surface area contributed by atoms with Crippen molar-refractivity contribution < 1.29 is 9.53 Å². The number of imidazole rings is 1. The van der Waals surface area contributed by atoms with Gasteiger partial charge in [-0.1, -0.05) is 0 Å². The number of nitrogens with one attached hydrogen (secondary N) is 1. The van der Waals surface area contributed by atoms with Crippen LogP contribution in [-0.2, 0) is 23.1 Å². The molecule has 2 aliphatic rings. The number of rotatable bonds is 3. The number of likely N-dealkylation sites (tertiary alicyclic amines) is 1. The van der Waals surface area contributed by atoms with Crippen molar-refractivity contribution in [2.45, 2.75) is 50.8 Å². The van der Waals surface area contributed by atoms with Crippen LogP contribution in [0.2, 0.25) is 0 Å². The minimum absolute atomic E-state index is 0.0334. The van der Waals surface area contributed by atoms with Gasteiger partial charge in [-0.2, -0.15) is 0 Å². The average molecular weight is 306 g/mol. The van der Waals surface area contributed by atoms with Crippen LogP contribution in [0.5, 0.6) is 0 Å². The Morgan fingerprint density at radius 2 is 2.27 bits per heavy atom. The second kappa shape index (κ2) is 6.38. The number of piperidine rings is 1. The number of aromatic nitrogens is 2. The quantitative estimate of drug-likeness (QED) is 0.907. The molecule has 0 unspecified atom stereocenters. The standard InChI is InChI=1S/C16H26N4O2/c1-13(21)18-14-3-8-22-16(9-14)4-6-20(7-5-16)11-15-10-17-12-19(15)2/h10,12,14H,3-9,11H2,1-2H3,(H,18,21)/t14-/m1/s1. The first-order chi connectivity index (χ1) is 10.6. The van der Waals surface area contributed by atoms with Crippen molar-refractivity contribution in [1.29, 1.82) is 0 Å².